The van der Waals surface area contributed by atoms with Crippen LogP contribution >= 0.6 is 0 Å². The molecule has 0 amide bonds. The summed E-state index contributed by atoms with van der Waals surface area (Å²) >= 11 is 0. The Labute approximate surface area is 190 Å². The van der Waals surface area contributed by atoms with Crippen LogP contribution in [0.25, 0.3) is 0 Å². The second-order valence-corrected chi connectivity index (χ2v) is 8.69. The van der Waals surface area contributed by atoms with Crippen molar-refractivity contribution in [2.45, 2.75) is 122 Å². The minimum atomic E-state index is -1.30. The Hall–Kier alpha value is -1.55. The Morgan fingerprint density at radius 1 is 0.839 bits per heavy atom. The summed E-state index contributed by atoms with van der Waals surface area (Å²) in [7, 11) is 0. The van der Waals surface area contributed by atoms with E-state index in [0.29, 0.717) is 18.8 Å². The Morgan fingerprint density at radius 3 is 1.77 bits per heavy atom. The average Bonchev–Trinajstić information content (AvgIpc) is 2.76. The minimum Gasteiger partial charge on any atom is -0.487 e. The van der Waals surface area contributed by atoms with Crippen molar-refractivity contribution in [1.29, 1.82) is 0 Å². The number of hydrogen-bond acceptors (Lipinski definition) is 3. The molecular formula is C27H46O4. The highest BCUT2D eigenvalue weighted by Gasteiger charge is 2.46. The van der Waals surface area contributed by atoms with Gasteiger partial charge in [0.25, 0.3) is 0 Å². The molecule has 4 nitrogen and oxygen atoms in total. The largest absolute Gasteiger partial charge is 0.487 e. The predicted molar refractivity (Wildman–Crippen MR) is 129 cm³/mol. The molecule has 0 aromatic heterocycles. The lowest BCUT2D eigenvalue weighted by Crippen LogP contribution is -2.53. The number of rotatable bonds is 20. The molecule has 0 saturated heterocycles. The summed E-state index contributed by atoms with van der Waals surface area (Å²) in [4.78, 5) is 12.2. The van der Waals surface area contributed by atoms with Crippen LogP contribution in [-0.2, 0) is 9.53 Å². The number of benzene rings is 1. The second-order valence-electron chi connectivity index (χ2n) is 8.69. The van der Waals surface area contributed by atoms with Crippen LogP contribution in [0.3, 0.4) is 0 Å². The zero-order valence-electron chi connectivity index (χ0n) is 20.2. The van der Waals surface area contributed by atoms with Crippen molar-refractivity contribution in [2.75, 3.05) is 6.61 Å². The van der Waals surface area contributed by atoms with Crippen LogP contribution in [0.4, 0.5) is 0 Å². The second kappa shape index (κ2) is 17.1. The Kier molecular flexibility index (Phi) is 15.1. The van der Waals surface area contributed by atoms with Crippen LogP contribution < -0.4 is 4.74 Å². The van der Waals surface area contributed by atoms with Crippen molar-refractivity contribution < 1.29 is 19.4 Å². The maximum atomic E-state index is 12.2. The van der Waals surface area contributed by atoms with Crippen molar-refractivity contribution in [1.82, 2.24) is 0 Å². The summed E-state index contributed by atoms with van der Waals surface area (Å²) in [5.74, 6) is -0.262. The van der Waals surface area contributed by atoms with Crippen LogP contribution in [-0.4, -0.2) is 29.4 Å². The first kappa shape index (κ1) is 27.5. The van der Waals surface area contributed by atoms with Crippen molar-refractivity contribution in [3.63, 3.8) is 0 Å². The summed E-state index contributed by atoms with van der Waals surface area (Å²) < 4.78 is 11.8. The van der Waals surface area contributed by atoms with Gasteiger partial charge in [-0.15, -0.1) is 0 Å². The minimum absolute atomic E-state index is 0.354. The standard InChI is InChI=1S/C27H46O4/c1-4-6-7-8-9-10-11-12-13-14-15-16-20-23-27(26(28)29,30-5-2)24(3)31-25-21-18-17-19-22-25/h17-19,21-22,24H,4-16,20,23H2,1-3H3,(H,28,29). The van der Waals surface area contributed by atoms with Gasteiger partial charge in [-0.05, 0) is 38.8 Å². The third-order valence-corrected chi connectivity index (χ3v) is 6.13. The van der Waals surface area contributed by atoms with E-state index < -0.39 is 17.7 Å². The molecule has 0 aliphatic rings. The molecule has 0 heterocycles. The van der Waals surface area contributed by atoms with E-state index in [1.165, 1.54) is 64.2 Å². The monoisotopic (exact) mass is 434 g/mol. The fraction of sp³-hybridized carbons (Fsp3) is 0.741. The van der Waals surface area contributed by atoms with Gasteiger partial charge in [0.05, 0.1) is 0 Å². The summed E-state index contributed by atoms with van der Waals surface area (Å²) in [6.07, 6.45) is 16.4. The van der Waals surface area contributed by atoms with Crippen molar-refractivity contribution in [3.8, 4) is 5.75 Å². The van der Waals surface area contributed by atoms with E-state index in [2.05, 4.69) is 6.92 Å². The smallest absolute Gasteiger partial charge is 0.339 e. The molecule has 1 aromatic carbocycles. The maximum Gasteiger partial charge on any atom is 0.339 e. The van der Waals surface area contributed by atoms with E-state index in [1.54, 1.807) is 6.92 Å². The van der Waals surface area contributed by atoms with Gasteiger partial charge in [0, 0.05) is 6.61 Å². The number of para-hydroxylation sites is 1. The molecule has 0 fully saturated rings. The Balaban J connectivity index is 2.30. The van der Waals surface area contributed by atoms with Gasteiger partial charge < -0.3 is 14.6 Å². The van der Waals surface area contributed by atoms with E-state index in [0.717, 1.165) is 19.3 Å². The van der Waals surface area contributed by atoms with Gasteiger partial charge in [0.15, 0.2) is 0 Å². The van der Waals surface area contributed by atoms with Crippen LogP contribution in [0.2, 0.25) is 0 Å². The number of carboxylic acid groups (broad SMARTS) is 1. The SMILES string of the molecule is CCCCCCCCCCCCCCCC(OCC)(C(=O)O)C(C)Oc1ccccc1. The maximum absolute atomic E-state index is 12.2. The number of aliphatic carboxylic acids is 1. The van der Waals surface area contributed by atoms with Crippen LogP contribution in [0.5, 0.6) is 5.75 Å². The molecule has 2 unspecified atom stereocenters. The molecule has 31 heavy (non-hydrogen) atoms. The summed E-state index contributed by atoms with van der Waals surface area (Å²) in [6.45, 7) is 6.26. The van der Waals surface area contributed by atoms with Crippen molar-refractivity contribution in [2.24, 2.45) is 0 Å². The van der Waals surface area contributed by atoms with Gasteiger partial charge in [0.1, 0.15) is 11.9 Å². The molecule has 0 spiro atoms. The highest BCUT2D eigenvalue weighted by Crippen LogP contribution is 2.29. The topological polar surface area (TPSA) is 55.8 Å². The van der Waals surface area contributed by atoms with Gasteiger partial charge in [-0.25, -0.2) is 4.79 Å². The lowest BCUT2D eigenvalue weighted by molar-refractivity contribution is -0.180. The number of carboxylic acids is 1. The zero-order chi connectivity index (χ0) is 22.8. The molecule has 0 bridgehead atoms. The molecule has 0 radical (unpaired) electrons. The lowest BCUT2D eigenvalue weighted by Gasteiger charge is -2.35. The van der Waals surface area contributed by atoms with E-state index in [-0.39, 0.29) is 0 Å². The zero-order valence-corrected chi connectivity index (χ0v) is 20.2. The molecule has 2 atom stereocenters. The van der Waals surface area contributed by atoms with E-state index in [4.69, 9.17) is 9.47 Å². The first-order valence-corrected chi connectivity index (χ1v) is 12.7. The molecule has 0 aliphatic carbocycles. The van der Waals surface area contributed by atoms with Gasteiger partial charge in [-0.1, -0.05) is 102 Å². The quantitative estimate of drug-likeness (QED) is 0.213. The highest BCUT2D eigenvalue weighted by molar-refractivity contribution is 5.78. The normalized spacial score (nSPS) is 14.2. The number of ether oxygens (including phenoxy) is 2. The van der Waals surface area contributed by atoms with Gasteiger partial charge >= 0.3 is 5.97 Å². The summed E-state index contributed by atoms with van der Waals surface area (Å²) in [5, 5.41) is 9.99. The van der Waals surface area contributed by atoms with Gasteiger partial charge in [-0.2, -0.15) is 0 Å². The lowest BCUT2D eigenvalue weighted by atomic mass is 9.90. The van der Waals surface area contributed by atoms with Crippen LogP contribution in [0.1, 0.15) is 111 Å². The van der Waals surface area contributed by atoms with E-state index in [9.17, 15) is 9.90 Å². The Morgan fingerprint density at radius 2 is 1.32 bits per heavy atom. The first-order valence-electron chi connectivity index (χ1n) is 12.7. The van der Waals surface area contributed by atoms with Gasteiger partial charge in [0.2, 0.25) is 5.60 Å². The Bertz CT molecular complexity index is 560. The molecule has 0 aliphatic heterocycles. The van der Waals surface area contributed by atoms with Crippen molar-refractivity contribution in [3.05, 3.63) is 30.3 Å². The number of carbonyl (C=O) groups is 1. The molecule has 1 rings (SSSR count). The van der Waals surface area contributed by atoms with Crippen LogP contribution in [0, 0.1) is 0 Å². The molecule has 1 aromatic rings. The number of unbranched alkanes of at least 4 members (excludes halogenated alkanes) is 12. The third-order valence-electron chi connectivity index (χ3n) is 6.13. The van der Waals surface area contributed by atoms with E-state index >= 15 is 0 Å². The molecule has 178 valence electrons. The van der Waals surface area contributed by atoms with Gasteiger partial charge in [-0.3, -0.25) is 0 Å². The fourth-order valence-electron chi connectivity index (χ4n) is 4.20. The third kappa shape index (κ3) is 11.0. The van der Waals surface area contributed by atoms with Crippen LogP contribution in [0.15, 0.2) is 30.3 Å². The first-order chi connectivity index (χ1) is 15.1. The fourth-order valence-corrected chi connectivity index (χ4v) is 4.20. The molecule has 0 saturated carbocycles. The summed E-state index contributed by atoms with van der Waals surface area (Å²) in [5.41, 5.74) is -1.30. The number of hydrogen-bond donors (Lipinski definition) is 1. The predicted octanol–water partition coefficient (Wildman–Crippen LogP) is 7.80. The van der Waals surface area contributed by atoms with Crippen molar-refractivity contribution >= 4 is 5.97 Å². The molecule has 1 N–H and O–H groups in total. The molecular weight excluding hydrogens is 388 g/mol. The molecule has 4 heteroatoms. The highest BCUT2D eigenvalue weighted by atomic mass is 16.6. The average molecular weight is 435 g/mol. The van der Waals surface area contributed by atoms with E-state index in [1.807, 2.05) is 37.3 Å². The summed E-state index contributed by atoms with van der Waals surface area (Å²) in [6, 6.07) is 9.38.